The van der Waals surface area contributed by atoms with E-state index in [1.54, 1.807) is 26.1 Å². The number of nitrogens with one attached hydrogen (secondary N) is 2. The SMILES string of the molecule is CCC(OC(=O)c1c[nH]c2ccccc12)C(=O)Nc1cc(C)on1. The Hall–Kier alpha value is -3.09. The maximum atomic E-state index is 12.4. The van der Waals surface area contributed by atoms with Crippen molar-refractivity contribution in [3.8, 4) is 0 Å². The molecule has 0 aliphatic heterocycles. The fraction of sp³-hybridized carbons (Fsp3) is 0.235. The van der Waals surface area contributed by atoms with Gasteiger partial charge in [0.15, 0.2) is 11.9 Å². The fourth-order valence-corrected chi connectivity index (χ4v) is 2.39. The first-order valence-corrected chi connectivity index (χ1v) is 7.59. The number of hydrogen-bond donors (Lipinski definition) is 2. The summed E-state index contributed by atoms with van der Waals surface area (Å²) in [4.78, 5) is 27.6. The number of aromatic nitrogens is 2. The molecule has 0 spiro atoms. The molecule has 7 nitrogen and oxygen atoms in total. The summed E-state index contributed by atoms with van der Waals surface area (Å²) in [7, 11) is 0. The number of amides is 1. The van der Waals surface area contributed by atoms with E-state index >= 15 is 0 Å². The van der Waals surface area contributed by atoms with Crippen molar-refractivity contribution in [3.63, 3.8) is 0 Å². The van der Waals surface area contributed by atoms with Crippen molar-refractivity contribution in [2.75, 3.05) is 5.32 Å². The maximum absolute atomic E-state index is 12.4. The number of carbonyl (C=O) groups is 2. The summed E-state index contributed by atoms with van der Waals surface area (Å²) in [6.45, 7) is 3.48. The summed E-state index contributed by atoms with van der Waals surface area (Å²) < 4.78 is 10.3. The molecule has 0 bridgehead atoms. The third kappa shape index (κ3) is 3.15. The number of para-hydroxylation sites is 1. The van der Waals surface area contributed by atoms with E-state index in [4.69, 9.17) is 9.26 Å². The zero-order valence-corrected chi connectivity index (χ0v) is 13.3. The Labute approximate surface area is 138 Å². The van der Waals surface area contributed by atoms with Gasteiger partial charge in [-0.3, -0.25) is 4.79 Å². The number of nitrogens with zero attached hydrogens (tertiary/aromatic N) is 1. The van der Waals surface area contributed by atoms with Gasteiger partial charge in [-0.15, -0.1) is 0 Å². The van der Waals surface area contributed by atoms with Crippen LogP contribution in [0, 0.1) is 6.92 Å². The Morgan fingerprint density at radius 3 is 2.88 bits per heavy atom. The second kappa shape index (κ2) is 6.57. The molecule has 0 aliphatic rings. The third-order valence-electron chi connectivity index (χ3n) is 3.60. The number of fused-ring (bicyclic) bond motifs is 1. The normalized spacial score (nSPS) is 12.1. The van der Waals surface area contributed by atoms with E-state index in [-0.39, 0.29) is 0 Å². The zero-order valence-electron chi connectivity index (χ0n) is 13.3. The van der Waals surface area contributed by atoms with Crippen LogP contribution in [0.15, 0.2) is 41.1 Å². The Morgan fingerprint density at radius 1 is 1.38 bits per heavy atom. The van der Waals surface area contributed by atoms with Crippen molar-refractivity contribution < 1.29 is 18.8 Å². The van der Waals surface area contributed by atoms with Gasteiger partial charge in [-0.05, 0) is 19.4 Å². The Morgan fingerprint density at radius 2 is 2.17 bits per heavy atom. The first kappa shape index (κ1) is 15.8. The van der Waals surface area contributed by atoms with Gasteiger partial charge in [0.1, 0.15) is 5.76 Å². The number of esters is 1. The molecule has 1 aromatic carbocycles. The van der Waals surface area contributed by atoms with Crippen LogP contribution in [0.25, 0.3) is 10.9 Å². The highest BCUT2D eigenvalue weighted by atomic mass is 16.5. The molecule has 24 heavy (non-hydrogen) atoms. The molecule has 1 unspecified atom stereocenters. The molecule has 124 valence electrons. The Kier molecular flexibility index (Phi) is 4.33. The van der Waals surface area contributed by atoms with Gasteiger partial charge in [-0.1, -0.05) is 30.3 Å². The predicted octanol–water partition coefficient (Wildman–Crippen LogP) is 3.04. The molecular weight excluding hydrogens is 310 g/mol. The lowest BCUT2D eigenvalue weighted by Crippen LogP contribution is -2.32. The lowest BCUT2D eigenvalue weighted by molar-refractivity contribution is -0.124. The largest absolute Gasteiger partial charge is 0.449 e. The second-order valence-corrected chi connectivity index (χ2v) is 5.36. The molecule has 2 N–H and O–H groups in total. The van der Waals surface area contributed by atoms with Crippen LogP contribution in [-0.2, 0) is 9.53 Å². The molecule has 7 heteroatoms. The monoisotopic (exact) mass is 327 g/mol. The predicted molar refractivity (Wildman–Crippen MR) is 87.7 cm³/mol. The summed E-state index contributed by atoms with van der Waals surface area (Å²) in [6.07, 6.45) is 1.01. The lowest BCUT2D eigenvalue weighted by atomic mass is 10.2. The maximum Gasteiger partial charge on any atom is 0.341 e. The highest BCUT2D eigenvalue weighted by molar-refractivity contribution is 6.05. The van der Waals surface area contributed by atoms with Gasteiger partial charge in [0.2, 0.25) is 0 Å². The molecular formula is C17H17N3O4. The van der Waals surface area contributed by atoms with E-state index in [9.17, 15) is 9.59 Å². The molecule has 2 heterocycles. The van der Waals surface area contributed by atoms with Crippen molar-refractivity contribution in [1.29, 1.82) is 0 Å². The molecule has 0 saturated heterocycles. The lowest BCUT2D eigenvalue weighted by Gasteiger charge is -2.14. The molecule has 2 aromatic heterocycles. The van der Waals surface area contributed by atoms with Gasteiger partial charge in [0.05, 0.1) is 5.56 Å². The summed E-state index contributed by atoms with van der Waals surface area (Å²) in [6, 6.07) is 8.98. The average Bonchev–Trinajstić information content (AvgIpc) is 3.18. The van der Waals surface area contributed by atoms with E-state index in [2.05, 4.69) is 15.5 Å². The highest BCUT2D eigenvalue weighted by Crippen LogP contribution is 2.19. The summed E-state index contributed by atoms with van der Waals surface area (Å²) in [5.74, 6) is -0.127. The van der Waals surface area contributed by atoms with Crippen molar-refractivity contribution >= 4 is 28.6 Å². The number of aromatic amines is 1. The third-order valence-corrected chi connectivity index (χ3v) is 3.60. The minimum Gasteiger partial charge on any atom is -0.449 e. The van der Waals surface area contributed by atoms with Crippen LogP contribution in [0.4, 0.5) is 5.82 Å². The number of H-pyrrole nitrogens is 1. The first-order chi connectivity index (χ1) is 11.6. The highest BCUT2D eigenvalue weighted by Gasteiger charge is 2.24. The molecule has 0 saturated carbocycles. The smallest absolute Gasteiger partial charge is 0.341 e. The molecule has 3 aromatic rings. The summed E-state index contributed by atoms with van der Waals surface area (Å²) in [5, 5.41) is 7.02. The second-order valence-electron chi connectivity index (χ2n) is 5.36. The summed E-state index contributed by atoms with van der Waals surface area (Å²) >= 11 is 0. The van der Waals surface area contributed by atoms with Crippen molar-refractivity contribution in [3.05, 3.63) is 47.9 Å². The summed E-state index contributed by atoms with van der Waals surface area (Å²) in [5.41, 5.74) is 1.23. The van der Waals surface area contributed by atoms with Crippen LogP contribution in [0.1, 0.15) is 29.5 Å². The van der Waals surface area contributed by atoms with Crippen LogP contribution in [0.2, 0.25) is 0 Å². The molecule has 1 atom stereocenters. The minimum atomic E-state index is -0.914. The topological polar surface area (TPSA) is 97.2 Å². The van der Waals surface area contributed by atoms with Crippen molar-refractivity contribution in [1.82, 2.24) is 10.1 Å². The van der Waals surface area contributed by atoms with Crippen LogP contribution in [-0.4, -0.2) is 28.1 Å². The van der Waals surface area contributed by atoms with Crippen LogP contribution >= 0.6 is 0 Å². The molecule has 0 aliphatic carbocycles. The van der Waals surface area contributed by atoms with E-state index < -0.39 is 18.0 Å². The fourth-order valence-electron chi connectivity index (χ4n) is 2.39. The van der Waals surface area contributed by atoms with Crippen LogP contribution in [0.5, 0.6) is 0 Å². The van der Waals surface area contributed by atoms with E-state index in [1.807, 2.05) is 24.3 Å². The number of rotatable bonds is 5. The number of ether oxygens (including phenoxy) is 1. The number of hydrogen-bond acceptors (Lipinski definition) is 5. The first-order valence-electron chi connectivity index (χ1n) is 7.59. The molecule has 0 radical (unpaired) electrons. The zero-order chi connectivity index (χ0) is 17.1. The van der Waals surface area contributed by atoms with Crippen LogP contribution < -0.4 is 5.32 Å². The Balaban J connectivity index is 1.72. The standard InChI is InChI=1S/C17H17N3O4/c1-3-14(16(21)19-15-8-10(2)24-20-15)23-17(22)12-9-18-13-7-5-4-6-11(12)13/h4-9,14,18H,3H2,1-2H3,(H,19,20,21). The average molecular weight is 327 g/mol. The number of benzene rings is 1. The van der Waals surface area contributed by atoms with Crippen molar-refractivity contribution in [2.45, 2.75) is 26.4 Å². The minimum absolute atomic E-state index is 0.291. The molecule has 0 fully saturated rings. The van der Waals surface area contributed by atoms with E-state index in [1.165, 1.54) is 0 Å². The molecule has 3 rings (SSSR count). The van der Waals surface area contributed by atoms with Gasteiger partial charge < -0.3 is 19.6 Å². The number of carbonyl (C=O) groups excluding carboxylic acids is 2. The number of aryl methyl sites for hydroxylation is 1. The Bertz CT molecular complexity index is 881. The van der Waals surface area contributed by atoms with Gasteiger partial charge in [0, 0.05) is 23.2 Å². The van der Waals surface area contributed by atoms with Gasteiger partial charge in [0.25, 0.3) is 5.91 Å². The van der Waals surface area contributed by atoms with Gasteiger partial charge in [-0.2, -0.15) is 0 Å². The number of anilines is 1. The molecule has 1 amide bonds. The van der Waals surface area contributed by atoms with Gasteiger partial charge in [-0.25, -0.2) is 4.79 Å². The van der Waals surface area contributed by atoms with Crippen LogP contribution in [0.3, 0.4) is 0 Å². The van der Waals surface area contributed by atoms with E-state index in [0.29, 0.717) is 23.6 Å². The van der Waals surface area contributed by atoms with Gasteiger partial charge >= 0.3 is 5.97 Å². The van der Waals surface area contributed by atoms with E-state index in [0.717, 1.165) is 10.9 Å². The quantitative estimate of drug-likeness (QED) is 0.702. The van der Waals surface area contributed by atoms with Crippen molar-refractivity contribution in [2.24, 2.45) is 0 Å².